The minimum Gasteiger partial charge on any atom is -0.511 e. The molecule has 6 nitrogen and oxygen atoms in total. The van der Waals surface area contributed by atoms with Gasteiger partial charge in [0.25, 0.3) is 0 Å². The Hall–Kier alpha value is -3.41. The Morgan fingerprint density at radius 2 is 1.65 bits per heavy atom. The third-order valence-corrected chi connectivity index (χ3v) is 7.01. The van der Waals surface area contributed by atoms with Crippen LogP contribution in [0.1, 0.15) is 70.9 Å². The second-order valence-corrected chi connectivity index (χ2v) is 11.5. The van der Waals surface area contributed by atoms with E-state index in [0.717, 1.165) is 0 Å². The van der Waals surface area contributed by atoms with Crippen LogP contribution in [-0.2, 0) is 9.53 Å². The van der Waals surface area contributed by atoms with Gasteiger partial charge in [-0.3, -0.25) is 9.79 Å². The van der Waals surface area contributed by atoms with Gasteiger partial charge < -0.3 is 15.2 Å². The van der Waals surface area contributed by atoms with Gasteiger partial charge in [0.15, 0.2) is 5.78 Å². The van der Waals surface area contributed by atoms with Crippen LogP contribution in [0.4, 0.5) is 4.79 Å². The number of amides is 1. The molecule has 1 amide bonds. The Labute approximate surface area is 219 Å². The monoisotopic (exact) mass is 502 g/mol. The van der Waals surface area contributed by atoms with Gasteiger partial charge in [-0.25, -0.2) is 4.79 Å². The van der Waals surface area contributed by atoms with Crippen molar-refractivity contribution in [3.63, 3.8) is 0 Å². The van der Waals surface area contributed by atoms with Gasteiger partial charge in [-0.1, -0.05) is 76.2 Å². The van der Waals surface area contributed by atoms with E-state index in [-0.39, 0.29) is 41.4 Å². The van der Waals surface area contributed by atoms with Crippen molar-refractivity contribution in [1.82, 2.24) is 5.32 Å². The van der Waals surface area contributed by atoms with Gasteiger partial charge in [0, 0.05) is 30.5 Å². The Balaban J connectivity index is 1.39. The second-order valence-electron chi connectivity index (χ2n) is 11.5. The molecule has 4 rings (SSSR count). The fraction of sp³-hybridized carbons (Fsp3) is 0.452. The zero-order valence-corrected chi connectivity index (χ0v) is 22.5. The Morgan fingerprint density at radius 3 is 2.22 bits per heavy atom. The van der Waals surface area contributed by atoms with Gasteiger partial charge in [0.1, 0.15) is 12.4 Å². The van der Waals surface area contributed by atoms with Crippen molar-refractivity contribution in [2.24, 2.45) is 16.3 Å². The minimum atomic E-state index is -0.493. The number of nitrogens with zero attached hydrogens (tertiary/aromatic N) is 1. The number of allylic oxidation sites excluding steroid dienone is 2. The van der Waals surface area contributed by atoms with Gasteiger partial charge in [-0.05, 0) is 46.9 Å². The molecular weight excluding hydrogens is 464 g/mol. The first-order chi connectivity index (χ1) is 17.6. The number of fused-ring (bicyclic) bond motifs is 3. The molecule has 0 heterocycles. The Kier molecular flexibility index (Phi) is 7.86. The van der Waals surface area contributed by atoms with Crippen molar-refractivity contribution in [3.8, 4) is 11.1 Å². The molecule has 2 aromatic carbocycles. The smallest absolute Gasteiger partial charge is 0.407 e. The molecule has 2 N–H and O–H groups in total. The molecule has 0 radical (unpaired) electrons. The maximum Gasteiger partial charge on any atom is 0.407 e. The van der Waals surface area contributed by atoms with Crippen LogP contribution in [0.15, 0.2) is 64.9 Å². The first kappa shape index (κ1) is 26.6. The van der Waals surface area contributed by atoms with Gasteiger partial charge in [-0.2, -0.15) is 0 Å². The van der Waals surface area contributed by atoms with E-state index in [9.17, 15) is 14.7 Å². The summed E-state index contributed by atoms with van der Waals surface area (Å²) in [5, 5.41) is 13.5. The minimum absolute atomic E-state index is 0.000554. The summed E-state index contributed by atoms with van der Waals surface area (Å²) in [4.78, 5) is 30.2. The van der Waals surface area contributed by atoms with Crippen LogP contribution in [0.3, 0.4) is 0 Å². The van der Waals surface area contributed by atoms with Crippen molar-refractivity contribution < 1.29 is 19.4 Å². The van der Waals surface area contributed by atoms with Gasteiger partial charge >= 0.3 is 6.09 Å². The van der Waals surface area contributed by atoms with E-state index in [4.69, 9.17) is 9.73 Å². The molecule has 37 heavy (non-hydrogen) atoms. The number of ketones is 1. The lowest BCUT2D eigenvalue weighted by Gasteiger charge is -2.30. The lowest BCUT2D eigenvalue weighted by molar-refractivity contribution is -0.118. The Bertz CT molecular complexity index is 1200. The van der Waals surface area contributed by atoms with Crippen LogP contribution in [0.2, 0.25) is 0 Å². The summed E-state index contributed by atoms with van der Waals surface area (Å²) >= 11 is 0. The largest absolute Gasteiger partial charge is 0.511 e. The first-order valence-corrected chi connectivity index (χ1v) is 13.2. The van der Waals surface area contributed by atoms with E-state index in [1.807, 2.05) is 45.0 Å². The summed E-state index contributed by atoms with van der Waals surface area (Å²) in [7, 11) is 0. The molecule has 0 aliphatic heterocycles. The number of ether oxygens (including phenoxy) is 1. The van der Waals surface area contributed by atoms with E-state index in [1.54, 1.807) is 0 Å². The number of carbonyl (C=O) groups is 2. The van der Waals surface area contributed by atoms with E-state index in [2.05, 4.69) is 43.4 Å². The lowest BCUT2D eigenvalue weighted by Crippen LogP contribution is -2.36. The number of aliphatic hydroxyl groups is 1. The van der Waals surface area contributed by atoms with E-state index in [0.29, 0.717) is 37.1 Å². The highest BCUT2D eigenvalue weighted by Crippen LogP contribution is 2.44. The third kappa shape index (κ3) is 6.12. The maximum atomic E-state index is 12.9. The normalized spacial score (nSPS) is 18.0. The molecule has 196 valence electrons. The average molecular weight is 503 g/mol. The fourth-order valence-corrected chi connectivity index (χ4v) is 5.38. The number of benzene rings is 2. The number of carbonyl (C=O) groups excluding carboxylic acids is 2. The molecule has 0 fully saturated rings. The van der Waals surface area contributed by atoms with Gasteiger partial charge in [-0.15, -0.1) is 0 Å². The molecular formula is C31H38N2O4. The quantitative estimate of drug-likeness (QED) is 0.398. The summed E-state index contributed by atoms with van der Waals surface area (Å²) in [6, 6.07) is 16.2. The number of aliphatic imine (C=N–C) groups is 1. The number of rotatable bonds is 8. The summed E-state index contributed by atoms with van der Waals surface area (Å²) in [5.41, 5.74) is 5.43. The molecule has 2 aliphatic rings. The number of nitrogens with one attached hydrogen (secondary N) is 1. The van der Waals surface area contributed by atoms with Crippen LogP contribution >= 0.6 is 0 Å². The number of hydrogen-bond acceptors (Lipinski definition) is 5. The fourth-order valence-electron chi connectivity index (χ4n) is 5.38. The molecule has 2 aliphatic carbocycles. The molecule has 0 spiro atoms. The topological polar surface area (TPSA) is 88.0 Å². The van der Waals surface area contributed by atoms with Crippen LogP contribution < -0.4 is 5.32 Å². The highest BCUT2D eigenvalue weighted by atomic mass is 16.5. The summed E-state index contributed by atoms with van der Waals surface area (Å²) < 4.78 is 5.65. The van der Waals surface area contributed by atoms with Crippen molar-refractivity contribution in [2.45, 2.75) is 65.8 Å². The highest BCUT2D eigenvalue weighted by Gasteiger charge is 2.35. The van der Waals surface area contributed by atoms with E-state index < -0.39 is 6.09 Å². The number of Topliss-reactive ketones (excluding diaryl/α,β-unsaturated/α-hetero) is 1. The van der Waals surface area contributed by atoms with Crippen molar-refractivity contribution in [1.29, 1.82) is 0 Å². The predicted octanol–water partition coefficient (Wildman–Crippen LogP) is 6.60. The molecule has 0 unspecified atom stereocenters. The summed E-state index contributed by atoms with van der Waals surface area (Å²) in [6.45, 7) is 10.5. The number of aliphatic hydroxyl groups excluding tert-OH is 1. The van der Waals surface area contributed by atoms with Crippen LogP contribution in [-0.4, -0.2) is 41.9 Å². The summed E-state index contributed by atoms with van der Waals surface area (Å²) in [6.07, 6.45) is 0.937. The molecule has 0 saturated heterocycles. The molecule has 0 aromatic heterocycles. The SMILES string of the molecule is CC(C)CC(=NC[C@@H](C)NC(=O)OCC1c2ccccc2-c2ccccc21)C1=C(O)CC(C)(C)CC1=O. The Morgan fingerprint density at radius 1 is 1.05 bits per heavy atom. The highest BCUT2D eigenvalue weighted by molar-refractivity contribution is 6.23. The van der Waals surface area contributed by atoms with Gasteiger partial charge in [0.05, 0.1) is 12.1 Å². The predicted molar refractivity (Wildman–Crippen MR) is 147 cm³/mol. The average Bonchev–Trinajstić information content (AvgIpc) is 3.13. The second kappa shape index (κ2) is 10.9. The van der Waals surface area contributed by atoms with E-state index >= 15 is 0 Å². The molecule has 6 heteroatoms. The maximum absolute atomic E-state index is 12.9. The lowest BCUT2D eigenvalue weighted by atomic mass is 9.75. The van der Waals surface area contributed by atoms with E-state index in [1.165, 1.54) is 22.3 Å². The zero-order chi connectivity index (χ0) is 26.7. The summed E-state index contributed by atoms with van der Waals surface area (Å²) in [5.74, 6) is 0.330. The molecule has 0 bridgehead atoms. The molecule has 1 atom stereocenters. The molecule has 2 aromatic rings. The molecule has 0 saturated carbocycles. The standard InChI is InChI=1S/C31H38N2O4/c1-19(2)14-26(29-27(34)15-31(4,5)16-28(29)35)32-17-20(3)33-30(36)37-18-25-23-12-8-6-10-21(23)22-11-7-9-13-24(22)25/h6-13,19-20,25,34H,14-18H2,1-5H3,(H,33,36)/t20-/m1/s1. The van der Waals surface area contributed by atoms with Crippen LogP contribution in [0, 0.1) is 11.3 Å². The van der Waals surface area contributed by atoms with Crippen LogP contribution in [0.25, 0.3) is 11.1 Å². The third-order valence-electron chi connectivity index (χ3n) is 7.01. The van der Waals surface area contributed by atoms with Crippen molar-refractivity contribution in [2.75, 3.05) is 13.2 Å². The number of alkyl carbamates (subject to hydrolysis) is 1. The number of hydrogen-bond donors (Lipinski definition) is 2. The zero-order valence-electron chi connectivity index (χ0n) is 22.5. The van der Waals surface area contributed by atoms with Crippen molar-refractivity contribution >= 4 is 17.6 Å². The first-order valence-electron chi connectivity index (χ1n) is 13.2. The van der Waals surface area contributed by atoms with Crippen molar-refractivity contribution in [3.05, 3.63) is 71.0 Å². The van der Waals surface area contributed by atoms with Crippen LogP contribution in [0.5, 0.6) is 0 Å². The van der Waals surface area contributed by atoms with Gasteiger partial charge in [0.2, 0.25) is 0 Å².